The summed E-state index contributed by atoms with van der Waals surface area (Å²) in [6.45, 7) is 5.72. The third-order valence-corrected chi connectivity index (χ3v) is 8.70. The van der Waals surface area contributed by atoms with Crippen molar-refractivity contribution in [3.63, 3.8) is 0 Å². The van der Waals surface area contributed by atoms with Crippen LogP contribution < -0.4 is 15.4 Å². The largest absolute Gasteiger partial charge is 0.491 e. The van der Waals surface area contributed by atoms with Crippen LogP contribution in [0.4, 0.5) is 10.1 Å². The summed E-state index contributed by atoms with van der Waals surface area (Å²) in [5, 5.41) is 16.2. The van der Waals surface area contributed by atoms with E-state index in [0.717, 1.165) is 0 Å². The third-order valence-electron chi connectivity index (χ3n) is 7.35. The predicted octanol–water partition coefficient (Wildman–Crippen LogP) is 5.97. The zero-order valence-corrected chi connectivity index (χ0v) is 25.3. The van der Waals surface area contributed by atoms with Crippen LogP contribution in [0.5, 0.6) is 5.75 Å². The van der Waals surface area contributed by atoms with Gasteiger partial charge >= 0.3 is 0 Å². The number of carbonyl (C=O) groups excluding carboxylic acids is 2. The highest BCUT2D eigenvalue weighted by atomic mass is 35.5. The number of hydrogen-bond acceptors (Lipinski definition) is 4. The summed E-state index contributed by atoms with van der Waals surface area (Å²) in [5.41, 5.74) is 3.49. The molecule has 3 aromatic carbocycles. The topological polar surface area (TPSA) is 87.7 Å². The molecule has 10 heteroatoms. The van der Waals surface area contributed by atoms with E-state index in [1.54, 1.807) is 42.5 Å². The molecule has 0 bridgehead atoms. The second-order valence-electron chi connectivity index (χ2n) is 11.2. The summed E-state index contributed by atoms with van der Waals surface area (Å²) in [6, 6.07) is 13.9. The molecule has 0 aliphatic carbocycles. The number of nitrogens with one attached hydrogen (secondary N) is 2. The van der Waals surface area contributed by atoms with Crippen LogP contribution in [0.2, 0.25) is 29.7 Å². The van der Waals surface area contributed by atoms with E-state index in [-0.39, 0.29) is 42.4 Å². The average molecular weight is 612 g/mol. The summed E-state index contributed by atoms with van der Waals surface area (Å²) in [6.07, 6.45) is -0.0457. The van der Waals surface area contributed by atoms with Crippen molar-refractivity contribution in [2.24, 2.45) is 0 Å². The Balaban J connectivity index is 1.84. The van der Waals surface area contributed by atoms with E-state index in [1.807, 2.05) is 6.07 Å². The minimum Gasteiger partial charge on any atom is -0.491 e. The van der Waals surface area contributed by atoms with E-state index >= 15 is 4.39 Å². The number of aliphatic hydroxyl groups excluding tert-OH is 1. The Hall–Kier alpha value is -3.35. The van der Waals surface area contributed by atoms with E-state index in [9.17, 15) is 14.7 Å². The second-order valence-corrected chi connectivity index (χ2v) is 16.9. The second kappa shape index (κ2) is 11.1. The summed E-state index contributed by atoms with van der Waals surface area (Å²) < 4.78 is 22.5. The molecule has 0 saturated carbocycles. The molecule has 2 heterocycles. The van der Waals surface area contributed by atoms with E-state index in [4.69, 9.17) is 27.9 Å². The molecule has 3 N–H and O–H groups in total. The number of halogens is 3. The highest BCUT2D eigenvalue weighted by Gasteiger charge is 2.62. The predicted molar refractivity (Wildman–Crippen MR) is 161 cm³/mol. The van der Waals surface area contributed by atoms with Crippen molar-refractivity contribution in [1.29, 1.82) is 0 Å². The lowest BCUT2D eigenvalue weighted by atomic mass is 9.59. The van der Waals surface area contributed by atoms with E-state index in [2.05, 4.69) is 41.7 Å². The van der Waals surface area contributed by atoms with Crippen LogP contribution in [0.15, 0.2) is 54.6 Å². The molecule has 0 aromatic heterocycles. The Bertz CT molecular complexity index is 1610. The molecule has 2 amide bonds. The zero-order valence-electron chi connectivity index (χ0n) is 22.8. The van der Waals surface area contributed by atoms with E-state index in [1.165, 1.54) is 6.07 Å². The Morgan fingerprint density at radius 1 is 1.10 bits per heavy atom. The first-order valence-electron chi connectivity index (χ1n) is 13.2. The van der Waals surface area contributed by atoms with Crippen molar-refractivity contribution in [2.75, 3.05) is 18.5 Å². The molecule has 3 atom stereocenters. The van der Waals surface area contributed by atoms with E-state index < -0.39 is 37.2 Å². The molecule has 0 radical (unpaired) electrons. The van der Waals surface area contributed by atoms with E-state index in [0.29, 0.717) is 26.9 Å². The number of fused-ring (bicyclic) bond motifs is 2. The number of aliphatic hydroxyl groups is 1. The van der Waals surface area contributed by atoms with Gasteiger partial charge in [0.05, 0.1) is 23.8 Å². The van der Waals surface area contributed by atoms with Crippen LogP contribution in [-0.2, 0) is 15.0 Å². The number of benzene rings is 3. The number of ether oxygens (including phenoxy) is 1. The van der Waals surface area contributed by atoms with Gasteiger partial charge in [-0.2, -0.15) is 0 Å². The Labute approximate surface area is 249 Å². The molecule has 6 nitrogen and oxygen atoms in total. The molecule has 1 fully saturated rings. The maximum atomic E-state index is 16.7. The molecule has 2 aliphatic rings. The Morgan fingerprint density at radius 3 is 2.56 bits per heavy atom. The first-order valence-corrected chi connectivity index (χ1v) is 17.5. The zero-order chi connectivity index (χ0) is 29.5. The van der Waals surface area contributed by atoms with Crippen molar-refractivity contribution in [2.45, 2.75) is 43.4 Å². The third kappa shape index (κ3) is 5.35. The molecule has 0 unspecified atom stereocenters. The minimum absolute atomic E-state index is 0.0150. The summed E-state index contributed by atoms with van der Waals surface area (Å²) >= 11 is 12.7. The van der Waals surface area contributed by atoms with Gasteiger partial charge < -0.3 is 20.5 Å². The lowest BCUT2D eigenvalue weighted by Crippen LogP contribution is -2.57. The van der Waals surface area contributed by atoms with Crippen molar-refractivity contribution in [1.82, 2.24) is 5.32 Å². The van der Waals surface area contributed by atoms with Gasteiger partial charge in [0.15, 0.2) is 0 Å². The van der Waals surface area contributed by atoms with Crippen molar-refractivity contribution < 1.29 is 23.8 Å². The van der Waals surface area contributed by atoms with Crippen LogP contribution in [0.3, 0.4) is 0 Å². The van der Waals surface area contributed by atoms with Gasteiger partial charge in [-0.3, -0.25) is 9.59 Å². The molecule has 1 spiro atoms. The molecule has 1 saturated heterocycles. The lowest BCUT2D eigenvalue weighted by molar-refractivity contribution is -0.131. The molecular weight excluding hydrogens is 582 g/mol. The normalized spacial score (nSPS) is 21.5. The van der Waals surface area contributed by atoms with Gasteiger partial charge in [-0.1, -0.05) is 67.0 Å². The number of amides is 2. The number of rotatable bonds is 5. The highest BCUT2D eigenvalue weighted by molar-refractivity contribution is 6.83. The summed E-state index contributed by atoms with van der Waals surface area (Å²) in [7, 11) is -1.87. The number of piperidine rings is 1. The maximum absolute atomic E-state index is 16.7. The lowest BCUT2D eigenvalue weighted by Gasteiger charge is -2.46. The first kappa shape index (κ1) is 29.1. The Kier molecular flexibility index (Phi) is 7.92. The minimum atomic E-state index is -1.87. The van der Waals surface area contributed by atoms with Crippen molar-refractivity contribution in [3.05, 3.63) is 92.7 Å². The fourth-order valence-electron chi connectivity index (χ4n) is 5.72. The van der Waals surface area contributed by atoms with Gasteiger partial charge in [0.2, 0.25) is 11.8 Å². The van der Waals surface area contributed by atoms with Crippen molar-refractivity contribution in [3.8, 4) is 17.2 Å². The molecule has 41 heavy (non-hydrogen) atoms. The quantitative estimate of drug-likeness (QED) is 0.245. The molecular formula is C31H29Cl2FN2O4Si. The van der Waals surface area contributed by atoms with Crippen LogP contribution in [0.1, 0.15) is 40.6 Å². The smallest absolute Gasteiger partial charge is 0.238 e. The summed E-state index contributed by atoms with van der Waals surface area (Å²) in [4.78, 5) is 27.7. The number of carbonyl (C=O) groups is 2. The molecule has 5 rings (SSSR count). The highest BCUT2D eigenvalue weighted by Crippen LogP contribution is 2.59. The van der Waals surface area contributed by atoms with Gasteiger partial charge in [-0.25, -0.2) is 4.39 Å². The molecule has 3 aromatic rings. The SMILES string of the molecule is C[Si](C)(C)C#Cc1ccc(OCCO)c([C@@H]2NC(=O)C[C@@H](c3cccc(Cl)c3)[C@]23C(=O)Nc2cc(Cl)ccc23)c1F. The fraction of sp³-hybridized carbons (Fsp3) is 0.290. The van der Waals surface area contributed by atoms with Gasteiger partial charge in [-0.05, 0) is 47.5 Å². The van der Waals surface area contributed by atoms with Crippen LogP contribution >= 0.6 is 23.2 Å². The number of hydrogen-bond donors (Lipinski definition) is 3. The molecule has 212 valence electrons. The monoisotopic (exact) mass is 610 g/mol. The van der Waals surface area contributed by atoms with Crippen LogP contribution in [-0.4, -0.2) is 38.2 Å². The van der Waals surface area contributed by atoms with Crippen LogP contribution in [0.25, 0.3) is 0 Å². The summed E-state index contributed by atoms with van der Waals surface area (Å²) in [5.74, 6) is 0.873. The first-order chi connectivity index (χ1) is 19.5. The average Bonchev–Trinajstić information content (AvgIpc) is 3.18. The van der Waals surface area contributed by atoms with Gasteiger partial charge in [-0.15, -0.1) is 5.54 Å². The van der Waals surface area contributed by atoms with Gasteiger partial charge in [0, 0.05) is 28.1 Å². The van der Waals surface area contributed by atoms with Gasteiger partial charge in [0.25, 0.3) is 0 Å². The van der Waals surface area contributed by atoms with Gasteiger partial charge in [0.1, 0.15) is 31.7 Å². The molecule has 2 aliphatic heterocycles. The Morgan fingerprint density at radius 2 is 1.85 bits per heavy atom. The standard InChI is InChI=1S/C31H29Cl2FN2O4Si/c1-41(2,3)14-11-18-7-10-25(40-13-12-37)27(28(18)34)29-31(22-9-8-21(33)16-24(22)35-30(31)39)23(17-26(38)36-29)19-5-4-6-20(32)15-19/h4-10,15-16,23,29,37H,12-13,17H2,1-3H3,(H,35,39)(H,36,38)/t23-,29-,31-/m0/s1. The maximum Gasteiger partial charge on any atom is 0.238 e. The van der Waals surface area contributed by atoms with Crippen molar-refractivity contribution >= 4 is 48.8 Å². The number of anilines is 1. The fourth-order valence-corrected chi connectivity index (χ4v) is 6.60. The van der Waals surface area contributed by atoms with Crippen LogP contribution in [0, 0.1) is 17.3 Å².